The van der Waals surface area contributed by atoms with Crippen LogP contribution in [0.25, 0.3) is 10.8 Å². The maximum absolute atomic E-state index is 13.4. The first-order valence-electron chi connectivity index (χ1n) is 15.9. The molecule has 2 saturated heterocycles. The van der Waals surface area contributed by atoms with E-state index in [-0.39, 0.29) is 36.6 Å². The van der Waals surface area contributed by atoms with E-state index in [1.54, 1.807) is 12.3 Å². The number of hydrogen-bond donors (Lipinski definition) is 1. The van der Waals surface area contributed by atoms with Crippen LogP contribution in [0.2, 0.25) is 0 Å². The zero-order chi connectivity index (χ0) is 30.4. The SMILES string of the molecule is CC1C2=C(C(=O)N3CCC(n4cc(Cc5ncc6c7c(cccc57)C(=O)N6C5CCC(=O)NC5=O)cn4)CC3)C(C)C2C1C. The van der Waals surface area contributed by atoms with Gasteiger partial charge in [-0.3, -0.25) is 39.1 Å². The molecule has 8 rings (SSSR count). The van der Waals surface area contributed by atoms with Gasteiger partial charge < -0.3 is 4.90 Å². The number of nitrogens with zero attached hydrogens (tertiary/aromatic N) is 5. The number of amides is 4. The van der Waals surface area contributed by atoms with E-state index in [2.05, 4.69) is 32.3 Å². The monoisotopic (exact) mass is 592 g/mol. The van der Waals surface area contributed by atoms with Gasteiger partial charge in [0.15, 0.2) is 0 Å². The van der Waals surface area contributed by atoms with Gasteiger partial charge >= 0.3 is 0 Å². The van der Waals surface area contributed by atoms with Crippen LogP contribution >= 0.6 is 0 Å². The number of pyridine rings is 1. The third-order valence-electron chi connectivity index (χ3n) is 11.1. The van der Waals surface area contributed by atoms with Crippen molar-refractivity contribution in [1.82, 2.24) is 25.0 Å². The molecule has 5 atom stereocenters. The lowest BCUT2D eigenvalue weighted by Crippen LogP contribution is -2.54. The largest absolute Gasteiger partial charge is 0.339 e. The van der Waals surface area contributed by atoms with Crippen molar-refractivity contribution < 1.29 is 19.2 Å². The lowest BCUT2D eigenvalue weighted by atomic mass is 9.47. The highest BCUT2D eigenvalue weighted by Crippen LogP contribution is 2.60. The molecule has 0 spiro atoms. The third kappa shape index (κ3) is 3.85. The molecule has 5 aliphatic rings. The number of carbonyl (C=O) groups excluding carboxylic acids is 4. The predicted octanol–water partition coefficient (Wildman–Crippen LogP) is 3.80. The summed E-state index contributed by atoms with van der Waals surface area (Å²) in [4.78, 5) is 59.5. The van der Waals surface area contributed by atoms with Crippen molar-refractivity contribution >= 4 is 40.1 Å². The Morgan fingerprint density at radius 3 is 2.59 bits per heavy atom. The Kier molecular flexibility index (Phi) is 6.09. The van der Waals surface area contributed by atoms with Gasteiger partial charge in [-0.25, -0.2) is 0 Å². The number of aromatic nitrogens is 3. The highest BCUT2D eigenvalue weighted by atomic mass is 16.2. The summed E-state index contributed by atoms with van der Waals surface area (Å²) in [6, 6.07) is 5.10. The van der Waals surface area contributed by atoms with Gasteiger partial charge in [0.1, 0.15) is 6.04 Å². The van der Waals surface area contributed by atoms with E-state index in [1.165, 1.54) is 10.5 Å². The molecule has 2 aromatic heterocycles. The van der Waals surface area contributed by atoms with E-state index < -0.39 is 11.9 Å². The average Bonchev–Trinajstić information content (AvgIpc) is 3.60. The van der Waals surface area contributed by atoms with E-state index in [1.807, 2.05) is 27.9 Å². The van der Waals surface area contributed by atoms with E-state index in [0.29, 0.717) is 41.3 Å². The molecular weight excluding hydrogens is 556 g/mol. The number of carbonyl (C=O) groups is 4. The number of allylic oxidation sites excluding steroid dienone is 1. The molecule has 226 valence electrons. The minimum absolute atomic E-state index is 0.196. The maximum atomic E-state index is 13.4. The molecular formula is C34H36N6O4. The Morgan fingerprint density at radius 1 is 1.02 bits per heavy atom. The standard InChI is InChI=1S/C34H36N6O4/c1-17-18(2)29-28(17)19(3)30(29)34(44)38-11-9-21(10-12-38)39-16-20(14-36-39)13-24-22-5-4-6-23-31(22)26(15-35-24)40(33(23)43)25-7-8-27(41)37-32(25)42/h4-6,14-19,21,25,28H,7-13H2,1-3H3,(H,37,41,42). The van der Waals surface area contributed by atoms with Crippen molar-refractivity contribution in [2.24, 2.45) is 23.7 Å². The Bertz CT molecular complexity index is 1800. The summed E-state index contributed by atoms with van der Waals surface area (Å²) in [5, 5.41) is 8.74. The van der Waals surface area contributed by atoms with E-state index in [0.717, 1.165) is 53.5 Å². The number of likely N-dealkylation sites (tertiary alicyclic amines) is 1. The lowest BCUT2D eigenvalue weighted by Gasteiger charge is -2.57. The second-order valence-electron chi connectivity index (χ2n) is 13.3. The summed E-state index contributed by atoms with van der Waals surface area (Å²) in [6.45, 7) is 8.26. The summed E-state index contributed by atoms with van der Waals surface area (Å²) in [5.74, 6) is 1.46. The topological polar surface area (TPSA) is 118 Å². The molecule has 10 nitrogen and oxygen atoms in total. The van der Waals surface area contributed by atoms with Crippen molar-refractivity contribution in [1.29, 1.82) is 0 Å². The Balaban J connectivity index is 0.972. The van der Waals surface area contributed by atoms with Crippen molar-refractivity contribution in [3.63, 3.8) is 0 Å². The zero-order valence-electron chi connectivity index (χ0n) is 25.2. The van der Waals surface area contributed by atoms with Crippen LogP contribution in [-0.2, 0) is 20.8 Å². The number of imide groups is 1. The molecule has 44 heavy (non-hydrogen) atoms. The van der Waals surface area contributed by atoms with Gasteiger partial charge in [0, 0.05) is 54.0 Å². The quantitative estimate of drug-likeness (QED) is 0.451. The van der Waals surface area contributed by atoms with Crippen LogP contribution in [0, 0.1) is 23.7 Å². The zero-order valence-corrected chi connectivity index (χ0v) is 25.2. The van der Waals surface area contributed by atoms with Gasteiger partial charge in [0.2, 0.25) is 17.7 Å². The first kappa shape index (κ1) is 27.2. The number of piperidine rings is 2. The highest BCUT2D eigenvalue weighted by Gasteiger charge is 2.55. The number of anilines is 1. The van der Waals surface area contributed by atoms with Crippen LogP contribution < -0.4 is 10.2 Å². The molecule has 5 heterocycles. The van der Waals surface area contributed by atoms with Crippen LogP contribution in [0.4, 0.5) is 5.69 Å². The Hall–Kier alpha value is -4.34. The van der Waals surface area contributed by atoms with Crippen molar-refractivity contribution in [2.75, 3.05) is 18.0 Å². The second-order valence-corrected chi connectivity index (χ2v) is 13.3. The summed E-state index contributed by atoms with van der Waals surface area (Å²) in [7, 11) is 0. The first-order chi connectivity index (χ1) is 21.2. The molecule has 1 N–H and O–H groups in total. The van der Waals surface area contributed by atoms with Gasteiger partial charge in [-0.1, -0.05) is 38.5 Å². The highest BCUT2D eigenvalue weighted by molar-refractivity contribution is 6.27. The maximum Gasteiger partial charge on any atom is 0.259 e. The Morgan fingerprint density at radius 2 is 1.82 bits per heavy atom. The van der Waals surface area contributed by atoms with Gasteiger partial charge in [0.25, 0.3) is 5.91 Å². The van der Waals surface area contributed by atoms with Crippen molar-refractivity contribution in [3.05, 3.63) is 64.8 Å². The molecule has 3 aliphatic heterocycles. The van der Waals surface area contributed by atoms with Gasteiger partial charge in [-0.2, -0.15) is 5.10 Å². The summed E-state index contributed by atoms with van der Waals surface area (Å²) in [5.41, 5.74) is 5.52. The molecule has 1 aromatic carbocycles. The number of nitrogens with one attached hydrogen (secondary N) is 1. The fraction of sp³-hybridized carbons (Fsp3) is 0.471. The van der Waals surface area contributed by atoms with Crippen LogP contribution in [0.15, 0.2) is 47.9 Å². The average molecular weight is 593 g/mol. The van der Waals surface area contributed by atoms with E-state index in [4.69, 9.17) is 10.1 Å². The lowest BCUT2D eigenvalue weighted by molar-refractivity contribution is -0.134. The van der Waals surface area contributed by atoms with Gasteiger partial charge in [-0.15, -0.1) is 0 Å². The number of hydrogen-bond acceptors (Lipinski definition) is 6. The molecule has 3 fully saturated rings. The summed E-state index contributed by atoms with van der Waals surface area (Å²) < 4.78 is 2.03. The summed E-state index contributed by atoms with van der Waals surface area (Å²) in [6.07, 6.45) is 8.42. The summed E-state index contributed by atoms with van der Waals surface area (Å²) >= 11 is 0. The smallest absolute Gasteiger partial charge is 0.259 e. The van der Waals surface area contributed by atoms with Crippen molar-refractivity contribution in [2.45, 2.75) is 65.0 Å². The van der Waals surface area contributed by atoms with Crippen LogP contribution in [-0.4, -0.2) is 62.4 Å². The van der Waals surface area contributed by atoms with Crippen LogP contribution in [0.3, 0.4) is 0 Å². The van der Waals surface area contributed by atoms with Crippen LogP contribution in [0.5, 0.6) is 0 Å². The second kappa shape index (κ2) is 9.84. The molecule has 1 saturated carbocycles. The predicted molar refractivity (Wildman–Crippen MR) is 163 cm³/mol. The third-order valence-corrected chi connectivity index (χ3v) is 11.1. The molecule has 2 aliphatic carbocycles. The first-order valence-corrected chi connectivity index (χ1v) is 15.9. The van der Waals surface area contributed by atoms with Crippen LogP contribution in [0.1, 0.15) is 74.1 Å². The van der Waals surface area contributed by atoms with Crippen molar-refractivity contribution in [3.8, 4) is 0 Å². The fourth-order valence-corrected chi connectivity index (χ4v) is 8.56. The Labute approximate surface area is 255 Å². The number of benzene rings is 1. The minimum atomic E-state index is -0.736. The molecule has 5 unspecified atom stereocenters. The minimum Gasteiger partial charge on any atom is -0.339 e. The fourth-order valence-electron chi connectivity index (χ4n) is 8.56. The van der Waals surface area contributed by atoms with E-state index in [9.17, 15) is 19.2 Å². The van der Waals surface area contributed by atoms with Gasteiger partial charge in [-0.05, 0) is 54.6 Å². The molecule has 0 bridgehead atoms. The van der Waals surface area contributed by atoms with Gasteiger partial charge in [0.05, 0.1) is 29.8 Å². The normalized spacial score (nSPS) is 28.2. The number of fused-ring (bicyclic) bond motifs is 1. The number of rotatable bonds is 5. The molecule has 10 heteroatoms. The van der Waals surface area contributed by atoms with E-state index >= 15 is 0 Å². The molecule has 3 aromatic rings. The molecule has 4 amide bonds. The molecule has 0 radical (unpaired) electrons.